The molecule has 3 N–H and O–H groups in total. The molecule has 24 heavy (non-hydrogen) atoms. The molecular weight excluding hydrogens is 306 g/mol. The summed E-state index contributed by atoms with van der Waals surface area (Å²) in [6.45, 7) is 4.26. The van der Waals surface area contributed by atoms with Crippen LogP contribution in [0, 0.1) is 0 Å². The molecule has 128 valence electrons. The summed E-state index contributed by atoms with van der Waals surface area (Å²) in [7, 11) is 1.83. The van der Waals surface area contributed by atoms with Gasteiger partial charge >= 0.3 is 0 Å². The molecule has 1 amide bonds. The van der Waals surface area contributed by atoms with Crippen LogP contribution >= 0.6 is 0 Å². The predicted octanol–water partition coefficient (Wildman–Crippen LogP) is 0.300. The average Bonchev–Trinajstić information content (AvgIpc) is 3.02. The second-order valence-corrected chi connectivity index (χ2v) is 5.04. The van der Waals surface area contributed by atoms with Gasteiger partial charge in [-0.05, 0) is 19.1 Å². The van der Waals surface area contributed by atoms with Crippen molar-refractivity contribution in [3.63, 3.8) is 0 Å². The van der Waals surface area contributed by atoms with Gasteiger partial charge in [0.15, 0.2) is 5.96 Å². The second-order valence-electron chi connectivity index (χ2n) is 5.04. The molecule has 0 saturated carbocycles. The molecule has 2 aromatic rings. The zero-order valence-electron chi connectivity index (χ0n) is 14.0. The molecule has 1 aromatic carbocycles. The smallest absolute Gasteiger partial charge is 0.251 e. The number of guanidine groups is 1. The number of benzene rings is 1. The van der Waals surface area contributed by atoms with E-state index in [1.54, 1.807) is 16.8 Å². The highest BCUT2D eigenvalue weighted by molar-refractivity contribution is 5.94. The molecule has 0 radical (unpaired) electrons. The maximum absolute atomic E-state index is 11.9. The number of carbonyl (C=O) groups excluding carboxylic acids is 1. The average molecular weight is 329 g/mol. The quantitative estimate of drug-likeness (QED) is 0.386. The highest BCUT2D eigenvalue weighted by Crippen LogP contribution is 1.97. The van der Waals surface area contributed by atoms with Crippen molar-refractivity contribution in [1.82, 2.24) is 30.7 Å². The molecule has 0 atom stereocenters. The van der Waals surface area contributed by atoms with Crippen LogP contribution in [0.4, 0.5) is 0 Å². The Kier molecular flexibility index (Phi) is 6.75. The van der Waals surface area contributed by atoms with Crippen LogP contribution in [0.1, 0.15) is 23.1 Å². The molecule has 0 bridgehead atoms. The summed E-state index contributed by atoms with van der Waals surface area (Å²) in [5.74, 6) is 1.37. The first-order chi connectivity index (χ1) is 11.7. The Hall–Kier alpha value is -2.90. The zero-order valence-corrected chi connectivity index (χ0v) is 14.0. The molecule has 0 saturated heterocycles. The van der Waals surface area contributed by atoms with Crippen molar-refractivity contribution in [3.05, 3.63) is 48.0 Å². The monoisotopic (exact) mass is 329 g/mol. The van der Waals surface area contributed by atoms with E-state index in [1.807, 2.05) is 32.2 Å². The van der Waals surface area contributed by atoms with Gasteiger partial charge in [0, 0.05) is 32.2 Å². The molecule has 2 rings (SSSR count). The lowest BCUT2D eigenvalue weighted by molar-refractivity contribution is 0.0954. The molecule has 0 spiro atoms. The first-order valence-corrected chi connectivity index (χ1v) is 7.89. The Morgan fingerprint density at radius 3 is 2.58 bits per heavy atom. The van der Waals surface area contributed by atoms with E-state index in [4.69, 9.17) is 0 Å². The molecule has 1 aromatic heterocycles. The lowest BCUT2D eigenvalue weighted by Crippen LogP contribution is -2.41. The summed E-state index contributed by atoms with van der Waals surface area (Å²) in [5, 5.41) is 13.2. The minimum Gasteiger partial charge on any atom is -0.357 e. The largest absolute Gasteiger partial charge is 0.357 e. The van der Waals surface area contributed by atoms with Gasteiger partial charge in [-0.25, -0.2) is 9.98 Å². The summed E-state index contributed by atoms with van der Waals surface area (Å²) in [5.41, 5.74) is 0.653. The first-order valence-electron chi connectivity index (χ1n) is 7.89. The Labute approximate surface area is 141 Å². The highest BCUT2D eigenvalue weighted by Gasteiger charge is 2.04. The number of hydrogen-bond donors (Lipinski definition) is 3. The number of aliphatic imine (C=N–C) groups is 1. The van der Waals surface area contributed by atoms with Crippen molar-refractivity contribution in [2.45, 2.75) is 13.5 Å². The van der Waals surface area contributed by atoms with Crippen molar-refractivity contribution < 1.29 is 4.79 Å². The number of aryl methyl sites for hydroxylation is 1. The maximum Gasteiger partial charge on any atom is 0.251 e. The van der Waals surface area contributed by atoms with E-state index in [-0.39, 0.29) is 5.91 Å². The minimum absolute atomic E-state index is 0.0848. The van der Waals surface area contributed by atoms with Crippen molar-refractivity contribution >= 4 is 11.9 Å². The van der Waals surface area contributed by atoms with Crippen LogP contribution in [0.25, 0.3) is 0 Å². The molecule has 0 aliphatic rings. The van der Waals surface area contributed by atoms with E-state index in [2.05, 4.69) is 31.0 Å². The van der Waals surface area contributed by atoms with Gasteiger partial charge < -0.3 is 16.0 Å². The predicted molar refractivity (Wildman–Crippen MR) is 92.6 cm³/mol. The summed E-state index contributed by atoms with van der Waals surface area (Å²) in [6.07, 6.45) is 1.50. The fraction of sp³-hybridized carbons (Fsp3) is 0.375. The summed E-state index contributed by atoms with van der Waals surface area (Å²) >= 11 is 0. The van der Waals surface area contributed by atoms with Crippen molar-refractivity contribution in [3.8, 4) is 0 Å². The summed E-state index contributed by atoms with van der Waals surface area (Å²) in [6, 6.07) is 9.14. The first kappa shape index (κ1) is 17.5. The number of amides is 1. The van der Waals surface area contributed by atoms with Gasteiger partial charge in [0.1, 0.15) is 18.7 Å². The number of aromatic nitrogens is 3. The highest BCUT2D eigenvalue weighted by atomic mass is 16.1. The van der Waals surface area contributed by atoms with Crippen molar-refractivity contribution in [2.24, 2.45) is 12.0 Å². The Morgan fingerprint density at radius 1 is 1.17 bits per heavy atom. The van der Waals surface area contributed by atoms with Gasteiger partial charge in [-0.2, -0.15) is 5.10 Å². The standard InChI is InChI=1S/C16H23N7O/c1-3-17-16(20-11-14-21-12-22-23(14)2)19-10-9-18-15(24)13-7-5-4-6-8-13/h4-8,12H,3,9-11H2,1-2H3,(H,18,24)(H2,17,19,20). The normalized spacial score (nSPS) is 11.2. The lowest BCUT2D eigenvalue weighted by Gasteiger charge is -2.11. The van der Waals surface area contributed by atoms with Crippen LogP contribution in [-0.2, 0) is 13.6 Å². The van der Waals surface area contributed by atoms with Crippen LogP contribution < -0.4 is 16.0 Å². The van der Waals surface area contributed by atoms with E-state index in [1.165, 1.54) is 6.33 Å². The molecule has 0 fully saturated rings. The Bertz CT molecular complexity index is 666. The van der Waals surface area contributed by atoms with Crippen LogP contribution in [-0.4, -0.2) is 46.3 Å². The van der Waals surface area contributed by atoms with E-state index < -0.39 is 0 Å². The molecule has 0 unspecified atom stereocenters. The van der Waals surface area contributed by atoms with Crippen LogP contribution in [0.15, 0.2) is 41.7 Å². The summed E-state index contributed by atoms with van der Waals surface area (Å²) < 4.78 is 1.69. The van der Waals surface area contributed by atoms with Gasteiger partial charge in [-0.3, -0.25) is 9.48 Å². The van der Waals surface area contributed by atoms with Crippen LogP contribution in [0.5, 0.6) is 0 Å². The number of nitrogens with one attached hydrogen (secondary N) is 3. The Balaban J connectivity index is 1.77. The number of rotatable bonds is 7. The third kappa shape index (κ3) is 5.38. The van der Waals surface area contributed by atoms with Crippen molar-refractivity contribution in [2.75, 3.05) is 19.6 Å². The third-order valence-electron chi connectivity index (χ3n) is 3.27. The second kappa shape index (κ2) is 9.29. The van der Waals surface area contributed by atoms with Crippen LogP contribution in [0.3, 0.4) is 0 Å². The van der Waals surface area contributed by atoms with E-state index in [0.717, 1.165) is 12.4 Å². The number of nitrogens with zero attached hydrogens (tertiary/aromatic N) is 4. The van der Waals surface area contributed by atoms with Gasteiger partial charge in [0.05, 0.1) is 0 Å². The molecule has 0 aliphatic heterocycles. The van der Waals surface area contributed by atoms with Gasteiger partial charge in [0.25, 0.3) is 5.91 Å². The minimum atomic E-state index is -0.0848. The fourth-order valence-corrected chi connectivity index (χ4v) is 2.00. The van der Waals surface area contributed by atoms with Gasteiger partial charge in [-0.15, -0.1) is 0 Å². The maximum atomic E-state index is 11.9. The molecule has 8 heteroatoms. The van der Waals surface area contributed by atoms with E-state index in [9.17, 15) is 4.79 Å². The molecule has 0 aliphatic carbocycles. The van der Waals surface area contributed by atoms with Crippen LogP contribution in [0.2, 0.25) is 0 Å². The van der Waals surface area contributed by atoms with E-state index in [0.29, 0.717) is 31.2 Å². The zero-order chi connectivity index (χ0) is 17.2. The lowest BCUT2D eigenvalue weighted by atomic mass is 10.2. The fourth-order valence-electron chi connectivity index (χ4n) is 2.00. The number of carbonyl (C=O) groups is 1. The molecular formula is C16H23N7O. The SMILES string of the molecule is CCNC(=NCc1ncnn1C)NCCNC(=O)c1ccccc1. The number of hydrogen-bond acceptors (Lipinski definition) is 4. The van der Waals surface area contributed by atoms with Gasteiger partial charge in [0.2, 0.25) is 0 Å². The van der Waals surface area contributed by atoms with Gasteiger partial charge in [-0.1, -0.05) is 18.2 Å². The van der Waals surface area contributed by atoms with E-state index >= 15 is 0 Å². The molecule has 1 heterocycles. The Morgan fingerprint density at radius 2 is 1.92 bits per heavy atom. The third-order valence-corrected chi connectivity index (χ3v) is 3.27. The topological polar surface area (TPSA) is 96.2 Å². The van der Waals surface area contributed by atoms with Crippen molar-refractivity contribution in [1.29, 1.82) is 0 Å². The molecule has 8 nitrogen and oxygen atoms in total. The summed E-state index contributed by atoms with van der Waals surface area (Å²) in [4.78, 5) is 20.5.